The number of amides is 1. The Bertz CT molecular complexity index is 1450. The minimum atomic E-state index is -0.509. The van der Waals surface area contributed by atoms with E-state index in [4.69, 9.17) is 10.5 Å². The molecule has 9 nitrogen and oxygen atoms in total. The van der Waals surface area contributed by atoms with Crippen molar-refractivity contribution in [3.05, 3.63) is 71.4 Å². The van der Waals surface area contributed by atoms with Gasteiger partial charge in [-0.25, -0.2) is 9.78 Å². The molecule has 2 aliphatic rings. The van der Waals surface area contributed by atoms with Gasteiger partial charge in [0.1, 0.15) is 23.1 Å². The van der Waals surface area contributed by atoms with Crippen LogP contribution in [0.1, 0.15) is 69.6 Å². The monoisotopic (exact) mass is 581 g/mol. The first kappa shape index (κ1) is 30.3. The Balaban J connectivity index is 1.19. The number of benzene rings is 2. The first-order valence-electron chi connectivity index (χ1n) is 15.3. The number of nitrogens with zero attached hydrogens (tertiary/aromatic N) is 3. The predicted molar refractivity (Wildman–Crippen MR) is 169 cm³/mol. The zero-order valence-corrected chi connectivity index (χ0v) is 25.4. The topological polar surface area (TPSA) is 138 Å². The van der Waals surface area contributed by atoms with E-state index in [1.807, 2.05) is 39.0 Å². The first-order valence-corrected chi connectivity index (χ1v) is 15.3. The molecule has 2 saturated carbocycles. The molecule has 4 atom stereocenters. The van der Waals surface area contributed by atoms with E-state index in [1.54, 1.807) is 6.20 Å². The van der Waals surface area contributed by atoms with Gasteiger partial charge in [-0.2, -0.15) is 10.2 Å². The summed E-state index contributed by atoms with van der Waals surface area (Å²) in [6, 6.07) is 19.0. The lowest BCUT2D eigenvalue weighted by Gasteiger charge is -2.46. The van der Waals surface area contributed by atoms with Crippen LogP contribution in [0, 0.1) is 29.1 Å². The lowest BCUT2D eigenvalue weighted by molar-refractivity contribution is 0.0324. The van der Waals surface area contributed by atoms with Gasteiger partial charge in [-0.1, -0.05) is 42.8 Å². The van der Waals surface area contributed by atoms with Crippen molar-refractivity contribution < 1.29 is 9.53 Å². The molecule has 0 spiro atoms. The number of aromatic nitrogens is 2. The van der Waals surface area contributed by atoms with Crippen LogP contribution in [0.15, 0.2) is 54.7 Å². The van der Waals surface area contributed by atoms with Crippen molar-refractivity contribution in [2.24, 2.45) is 23.5 Å². The quantitative estimate of drug-likeness (QED) is 0.234. The van der Waals surface area contributed by atoms with Crippen molar-refractivity contribution in [1.29, 1.82) is 5.26 Å². The third kappa shape index (κ3) is 8.02. The highest BCUT2D eigenvalue weighted by atomic mass is 16.6. The summed E-state index contributed by atoms with van der Waals surface area (Å²) in [6.45, 7) is 7.45. The van der Waals surface area contributed by atoms with Crippen LogP contribution >= 0.6 is 0 Å². The summed E-state index contributed by atoms with van der Waals surface area (Å²) in [5, 5.41) is 19.7. The Kier molecular flexibility index (Phi) is 9.46. The van der Waals surface area contributed by atoms with Crippen LogP contribution in [-0.2, 0) is 17.8 Å². The second-order valence-corrected chi connectivity index (χ2v) is 12.9. The standard InChI is InChI=1S/C34H43N7O2/c1-34(2,3)43-33(42)40-30-27-11-6-12-28(30)16-24(15-27)20-37-31-29(18-36)21-39-32(41-31)38-19-23-8-5-10-26(14-23)25-9-4-7-22(13-25)17-35/h4-5,7-10,13-14,21,24,27-28,30H,6,11-12,15-17,19-20,35H2,1-3H3,(H,40,42)(H2,37,38,39,41)/t24?,27-,28+,30-. The highest BCUT2D eigenvalue weighted by molar-refractivity contribution is 5.68. The van der Waals surface area contributed by atoms with Crippen molar-refractivity contribution in [3.8, 4) is 17.2 Å². The average molecular weight is 582 g/mol. The summed E-state index contributed by atoms with van der Waals surface area (Å²) >= 11 is 0. The molecule has 1 aromatic heterocycles. The van der Waals surface area contributed by atoms with Gasteiger partial charge >= 0.3 is 6.09 Å². The molecule has 226 valence electrons. The molecule has 2 aliphatic carbocycles. The number of ether oxygens (including phenoxy) is 1. The second-order valence-electron chi connectivity index (χ2n) is 12.9. The van der Waals surface area contributed by atoms with Crippen LogP contribution in [0.4, 0.5) is 16.6 Å². The highest BCUT2D eigenvalue weighted by Crippen LogP contribution is 2.43. The summed E-state index contributed by atoms with van der Waals surface area (Å²) in [4.78, 5) is 21.5. The van der Waals surface area contributed by atoms with Crippen LogP contribution < -0.4 is 21.7 Å². The minimum Gasteiger partial charge on any atom is -0.444 e. The van der Waals surface area contributed by atoms with E-state index >= 15 is 0 Å². The van der Waals surface area contributed by atoms with Gasteiger partial charge in [-0.15, -0.1) is 0 Å². The van der Waals surface area contributed by atoms with E-state index in [9.17, 15) is 10.1 Å². The van der Waals surface area contributed by atoms with E-state index in [1.165, 1.54) is 6.42 Å². The summed E-state index contributed by atoms with van der Waals surface area (Å²) < 4.78 is 5.54. The molecule has 1 amide bonds. The zero-order valence-electron chi connectivity index (χ0n) is 25.4. The highest BCUT2D eigenvalue weighted by Gasteiger charge is 2.41. The summed E-state index contributed by atoms with van der Waals surface area (Å²) in [6.07, 6.45) is 6.71. The average Bonchev–Trinajstić information content (AvgIpc) is 2.98. The molecule has 1 unspecified atom stereocenters. The number of hydrogen-bond donors (Lipinski definition) is 4. The van der Waals surface area contributed by atoms with E-state index in [0.29, 0.717) is 48.2 Å². The maximum atomic E-state index is 12.5. The van der Waals surface area contributed by atoms with E-state index < -0.39 is 5.60 Å². The molecule has 5 N–H and O–H groups in total. The third-order valence-corrected chi connectivity index (χ3v) is 8.46. The number of nitrogens with two attached hydrogens (primary N) is 1. The third-order valence-electron chi connectivity index (χ3n) is 8.46. The number of hydrogen-bond acceptors (Lipinski definition) is 8. The number of nitriles is 1. The van der Waals surface area contributed by atoms with Gasteiger partial charge in [-0.3, -0.25) is 0 Å². The number of fused-ring (bicyclic) bond motifs is 2. The van der Waals surface area contributed by atoms with Crippen LogP contribution in [-0.4, -0.2) is 34.2 Å². The molecule has 0 aliphatic heterocycles. The molecule has 0 saturated heterocycles. The Morgan fingerprint density at radius 3 is 2.37 bits per heavy atom. The van der Waals surface area contributed by atoms with Crippen LogP contribution in [0.25, 0.3) is 11.1 Å². The summed E-state index contributed by atoms with van der Waals surface area (Å²) in [5.41, 5.74) is 10.2. The molecule has 0 radical (unpaired) electrons. The first-order chi connectivity index (χ1) is 20.7. The fourth-order valence-corrected chi connectivity index (χ4v) is 6.56. The SMILES string of the molecule is CC(C)(C)OC(=O)N[C@@H]1[C@@H]2CCC[C@H]1CC(CNc1nc(NCc3cccc(-c4cccc(CN)c4)c3)ncc1C#N)C2. The second kappa shape index (κ2) is 13.4. The van der Waals surface area contributed by atoms with Gasteiger partial charge in [0.2, 0.25) is 5.95 Å². The van der Waals surface area contributed by atoms with Gasteiger partial charge in [-0.05, 0) is 98.6 Å². The Labute approximate surface area is 254 Å². The molecule has 43 heavy (non-hydrogen) atoms. The Morgan fingerprint density at radius 1 is 1.05 bits per heavy atom. The number of nitrogens with one attached hydrogen (secondary N) is 3. The van der Waals surface area contributed by atoms with Crippen molar-refractivity contribution in [2.75, 3.05) is 17.2 Å². The van der Waals surface area contributed by atoms with E-state index in [0.717, 1.165) is 54.5 Å². The predicted octanol–water partition coefficient (Wildman–Crippen LogP) is 6.22. The number of alkyl carbamates (subject to hydrolysis) is 1. The van der Waals surface area contributed by atoms with Crippen molar-refractivity contribution >= 4 is 17.9 Å². The minimum absolute atomic E-state index is 0.160. The maximum Gasteiger partial charge on any atom is 0.407 e. The molecule has 3 aromatic rings. The fourth-order valence-electron chi connectivity index (χ4n) is 6.56. The number of rotatable bonds is 9. The lowest BCUT2D eigenvalue weighted by Crippen LogP contribution is -2.52. The normalized spacial score (nSPS) is 21.4. The number of carbonyl (C=O) groups is 1. The smallest absolute Gasteiger partial charge is 0.407 e. The van der Waals surface area contributed by atoms with Crippen LogP contribution in [0.3, 0.4) is 0 Å². The van der Waals surface area contributed by atoms with Gasteiger partial charge in [0.25, 0.3) is 0 Å². The summed E-state index contributed by atoms with van der Waals surface area (Å²) in [7, 11) is 0. The molecular weight excluding hydrogens is 538 g/mol. The molecular formula is C34H43N7O2. The van der Waals surface area contributed by atoms with E-state index in [2.05, 4.69) is 62.3 Å². The molecule has 2 bridgehead atoms. The van der Waals surface area contributed by atoms with Gasteiger partial charge < -0.3 is 26.4 Å². The largest absolute Gasteiger partial charge is 0.444 e. The van der Waals surface area contributed by atoms with Crippen molar-refractivity contribution in [3.63, 3.8) is 0 Å². The molecule has 2 aromatic carbocycles. The van der Waals surface area contributed by atoms with Crippen LogP contribution in [0.5, 0.6) is 0 Å². The molecule has 1 heterocycles. The van der Waals surface area contributed by atoms with E-state index in [-0.39, 0.29) is 12.1 Å². The Morgan fingerprint density at radius 2 is 1.72 bits per heavy atom. The lowest BCUT2D eigenvalue weighted by atomic mass is 9.64. The number of carbonyl (C=O) groups excluding carboxylic acids is 1. The summed E-state index contributed by atoms with van der Waals surface area (Å²) in [5.74, 6) is 2.31. The van der Waals surface area contributed by atoms with Crippen LogP contribution in [0.2, 0.25) is 0 Å². The molecule has 9 heteroatoms. The van der Waals surface area contributed by atoms with Gasteiger partial charge in [0.15, 0.2) is 0 Å². The van der Waals surface area contributed by atoms with Gasteiger partial charge in [0.05, 0.1) is 6.20 Å². The number of anilines is 2. The zero-order chi connectivity index (χ0) is 30.4. The molecule has 5 rings (SSSR count). The van der Waals surface area contributed by atoms with Crippen molar-refractivity contribution in [2.45, 2.75) is 77.6 Å². The maximum absolute atomic E-state index is 12.5. The molecule has 2 fully saturated rings. The van der Waals surface area contributed by atoms with Gasteiger partial charge in [0, 0.05) is 25.7 Å². The fraction of sp³-hybridized carbons (Fsp3) is 0.471. The van der Waals surface area contributed by atoms with Crippen molar-refractivity contribution in [1.82, 2.24) is 15.3 Å². The Hall–Kier alpha value is -4.16.